The predicted molar refractivity (Wildman–Crippen MR) is 138 cm³/mol. The van der Waals surface area contributed by atoms with Crippen molar-refractivity contribution in [3.05, 3.63) is 109 Å². The number of rotatable bonds is 4. The SMILES string of the molecule is C=C[C@@H]1CN(S(=O)(=O)c2ccc(C)cc2)CCc2c(c(-c3ccccc3)cc3ccccc23)O1. The summed E-state index contributed by atoms with van der Waals surface area (Å²) in [5.74, 6) is 0.808. The Morgan fingerprint density at radius 2 is 1.68 bits per heavy atom. The standard InChI is InChI=1S/C29H27NO3S/c1-3-24-20-30(34(31,32)25-15-13-21(2)14-16-25)18-17-27-26-12-8-7-11-23(26)19-28(29(27)33-24)22-9-5-4-6-10-22/h3-16,19,24H,1,17-18,20H2,2H3/t24-/m1/s1. The lowest BCUT2D eigenvalue weighted by atomic mass is 9.93. The molecule has 0 aromatic heterocycles. The molecule has 5 heteroatoms. The van der Waals surface area contributed by atoms with E-state index in [1.807, 2.05) is 49.4 Å². The normalized spacial score (nSPS) is 16.8. The Bertz CT molecular complexity index is 1440. The zero-order valence-corrected chi connectivity index (χ0v) is 20.0. The molecule has 0 bridgehead atoms. The van der Waals surface area contributed by atoms with Gasteiger partial charge in [-0.25, -0.2) is 8.42 Å². The van der Waals surface area contributed by atoms with Crippen LogP contribution in [0.4, 0.5) is 0 Å². The van der Waals surface area contributed by atoms with Crippen LogP contribution in [-0.2, 0) is 16.4 Å². The highest BCUT2D eigenvalue weighted by Gasteiger charge is 2.31. The molecule has 1 atom stereocenters. The van der Waals surface area contributed by atoms with Gasteiger partial charge in [0, 0.05) is 17.7 Å². The molecule has 1 aliphatic rings. The maximum atomic E-state index is 13.5. The number of fused-ring (bicyclic) bond motifs is 3. The molecule has 0 aliphatic carbocycles. The van der Waals surface area contributed by atoms with E-state index >= 15 is 0 Å². The van der Waals surface area contributed by atoms with Gasteiger partial charge in [-0.05, 0) is 47.9 Å². The van der Waals surface area contributed by atoms with Crippen LogP contribution in [0.2, 0.25) is 0 Å². The molecule has 0 spiro atoms. The van der Waals surface area contributed by atoms with Crippen molar-refractivity contribution in [2.24, 2.45) is 0 Å². The smallest absolute Gasteiger partial charge is 0.243 e. The van der Waals surface area contributed by atoms with Gasteiger partial charge in [0.25, 0.3) is 0 Å². The minimum absolute atomic E-state index is 0.209. The fourth-order valence-corrected chi connectivity index (χ4v) is 5.99. The Morgan fingerprint density at radius 3 is 2.41 bits per heavy atom. The highest BCUT2D eigenvalue weighted by Crippen LogP contribution is 2.40. The maximum absolute atomic E-state index is 13.5. The minimum atomic E-state index is -3.67. The van der Waals surface area contributed by atoms with Gasteiger partial charge in [0.2, 0.25) is 10.0 Å². The fourth-order valence-electron chi connectivity index (χ4n) is 4.54. The second-order valence-electron chi connectivity index (χ2n) is 8.64. The number of nitrogens with zero attached hydrogens (tertiary/aromatic N) is 1. The van der Waals surface area contributed by atoms with Gasteiger partial charge in [-0.1, -0.05) is 84.9 Å². The van der Waals surface area contributed by atoms with Crippen LogP contribution in [0, 0.1) is 6.92 Å². The summed E-state index contributed by atoms with van der Waals surface area (Å²) in [7, 11) is -3.67. The van der Waals surface area contributed by atoms with Crippen LogP contribution in [-0.4, -0.2) is 31.9 Å². The van der Waals surface area contributed by atoms with Gasteiger partial charge >= 0.3 is 0 Å². The van der Waals surface area contributed by atoms with E-state index in [0.717, 1.165) is 38.8 Å². The van der Waals surface area contributed by atoms with Crippen LogP contribution in [0.25, 0.3) is 21.9 Å². The Kier molecular flexibility index (Phi) is 5.98. The Hall–Kier alpha value is -3.41. The van der Waals surface area contributed by atoms with Crippen LogP contribution in [0.3, 0.4) is 0 Å². The molecule has 0 saturated carbocycles. The lowest BCUT2D eigenvalue weighted by Gasteiger charge is -2.31. The van der Waals surface area contributed by atoms with E-state index in [4.69, 9.17) is 4.74 Å². The second-order valence-corrected chi connectivity index (χ2v) is 10.6. The van der Waals surface area contributed by atoms with Crippen molar-refractivity contribution in [3.8, 4) is 16.9 Å². The molecule has 0 fully saturated rings. The van der Waals surface area contributed by atoms with E-state index in [0.29, 0.717) is 17.9 Å². The first-order chi connectivity index (χ1) is 16.5. The second kappa shape index (κ2) is 9.09. The summed E-state index contributed by atoms with van der Waals surface area (Å²) in [5.41, 5.74) is 4.12. The Balaban J connectivity index is 1.64. The number of hydrogen-bond acceptors (Lipinski definition) is 3. The topological polar surface area (TPSA) is 46.6 Å². The lowest BCUT2D eigenvalue weighted by molar-refractivity contribution is 0.202. The molecule has 172 valence electrons. The van der Waals surface area contributed by atoms with Crippen molar-refractivity contribution in [1.82, 2.24) is 4.31 Å². The molecule has 0 unspecified atom stereocenters. The zero-order chi connectivity index (χ0) is 23.7. The first-order valence-corrected chi connectivity index (χ1v) is 12.9. The van der Waals surface area contributed by atoms with E-state index in [1.54, 1.807) is 18.2 Å². The van der Waals surface area contributed by atoms with E-state index in [1.165, 1.54) is 4.31 Å². The molecule has 1 heterocycles. The van der Waals surface area contributed by atoms with Gasteiger partial charge in [-0.2, -0.15) is 4.31 Å². The first kappa shape index (κ1) is 22.4. The van der Waals surface area contributed by atoms with Gasteiger partial charge in [-0.15, -0.1) is 0 Å². The van der Waals surface area contributed by atoms with E-state index < -0.39 is 16.1 Å². The summed E-state index contributed by atoms with van der Waals surface area (Å²) in [6.07, 6.45) is 1.75. The summed E-state index contributed by atoms with van der Waals surface area (Å²) in [6.45, 7) is 6.46. The average Bonchev–Trinajstić information content (AvgIpc) is 2.84. The molecule has 1 aliphatic heterocycles. The van der Waals surface area contributed by atoms with Crippen LogP contribution in [0.1, 0.15) is 11.1 Å². The molecule has 4 aromatic rings. The molecule has 0 amide bonds. The van der Waals surface area contributed by atoms with Crippen molar-refractivity contribution >= 4 is 20.8 Å². The van der Waals surface area contributed by atoms with Crippen LogP contribution in [0.5, 0.6) is 5.75 Å². The van der Waals surface area contributed by atoms with Crippen LogP contribution >= 0.6 is 0 Å². The zero-order valence-electron chi connectivity index (χ0n) is 19.1. The third-order valence-corrected chi connectivity index (χ3v) is 8.25. The summed E-state index contributed by atoms with van der Waals surface area (Å²) < 4.78 is 35.1. The Morgan fingerprint density at radius 1 is 0.971 bits per heavy atom. The number of aryl methyl sites for hydroxylation is 1. The maximum Gasteiger partial charge on any atom is 0.243 e. The number of hydrogen-bond donors (Lipinski definition) is 0. The molecule has 0 N–H and O–H groups in total. The van der Waals surface area contributed by atoms with E-state index in [9.17, 15) is 8.42 Å². The lowest BCUT2D eigenvalue weighted by Crippen LogP contribution is -2.41. The number of sulfonamides is 1. The third-order valence-electron chi connectivity index (χ3n) is 6.37. The quantitative estimate of drug-likeness (QED) is 0.345. The van der Waals surface area contributed by atoms with Gasteiger partial charge in [0.1, 0.15) is 11.9 Å². The highest BCUT2D eigenvalue weighted by molar-refractivity contribution is 7.89. The molecule has 4 nitrogen and oxygen atoms in total. The molecular weight excluding hydrogens is 442 g/mol. The van der Waals surface area contributed by atoms with Crippen molar-refractivity contribution in [1.29, 1.82) is 0 Å². The van der Waals surface area contributed by atoms with Gasteiger partial charge in [-0.3, -0.25) is 0 Å². The van der Waals surface area contributed by atoms with Crippen molar-refractivity contribution in [3.63, 3.8) is 0 Å². The fraction of sp³-hybridized carbons (Fsp3) is 0.172. The van der Waals surface area contributed by atoms with Gasteiger partial charge in [0.05, 0.1) is 11.4 Å². The van der Waals surface area contributed by atoms with E-state index in [2.05, 4.69) is 36.9 Å². The minimum Gasteiger partial charge on any atom is -0.484 e. The largest absolute Gasteiger partial charge is 0.484 e. The van der Waals surface area contributed by atoms with Gasteiger partial charge in [0.15, 0.2) is 0 Å². The van der Waals surface area contributed by atoms with Crippen molar-refractivity contribution in [2.45, 2.75) is 24.3 Å². The highest BCUT2D eigenvalue weighted by atomic mass is 32.2. The molecule has 5 rings (SSSR count). The first-order valence-electron chi connectivity index (χ1n) is 11.4. The molecule has 0 radical (unpaired) electrons. The van der Waals surface area contributed by atoms with E-state index in [-0.39, 0.29) is 6.54 Å². The Labute approximate surface area is 201 Å². The number of ether oxygens (including phenoxy) is 1. The van der Waals surface area contributed by atoms with Crippen molar-refractivity contribution < 1.29 is 13.2 Å². The molecule has 0 saturated heterocycles. The summed E-state index contributed by atoms with van der Waals surface area (Å²) in [5, 5.41) is 2.18. The predicted octanol–water partition coefficient (Wildman–Crippen LogP) is 6.00. The monoisotopic (exact) mass is 469 g/mol. The molecule has 34 heavy (non-hydrogen) atoms. The van der Waals surface area contributed by atoms with Crippen molar-refractivity contribution in [2.75, 3.05) is 13.1 Å². The summed E-state index contributed by atoms with van der Waals surface area (Å²) in [6, 6.07) is 27.5. The molecule has 4 aromatic carbocycles. The number of benzene rings is 4. The average molecular weight is 470 g/mol. The third kappa shape index (κ3) is 4.13. The van der Waals surface area contributed by atoms with Crippen LogP contribution < -0.4 is 4.74 Å². The van der Waals surface area contributed by atoms with Gasteiger partial charge < -0.3 is 4.74 Å². The summed E-state index contributed by atoms with van der Waals surface area (Å²) >= 11 is 0. The van der Waals surface area contributed by atoms with Crippen LogP contribution in [0.15, 0.2) is 102 Å². The summed E-state index contributed by atoms with van der Waals surface area (Å²) in [4.78, 5) is 0.296. The molecular formula is C29H27NO3S.